The van der Waals surface area contributed by atoms with Gasteiger partial charge in [-0.1, -0.05) is 12.2 Å². The summed E-state index contributed by atoms with van der Waals surface area (Å²) in [5.74, 6) is 0.203. The van der Waals surface area contributed by atoms with E-state index in [0.29, 0.717) is 11.1 Å². The molecule has 68 valence electrons. The lowest BCUT2D eigenvalue weighted by Crippen LogP contribution is -2.10. The molecule has 0 aliphatic carbocycles. The van der Waals surface area contributed by atoms with Gasteiger partial charge in [0.15, 0.2) is 0 Å². The number of aromatic hydroxyl groups is 1. The number of amidine groups is 1. The summed E-state index contributed by atoms with van der Waals surface area (Å²) in [7, 11) is 0. The Labute approximate surface area is 77.0 Å². The first-order valence-corrected chi connectivity index (χ1v) is 3.95. The average molecular weight is 176 g/mol. The highest BCUT2D eigenvalue weighted by molar-refractivity contribution is 5.95. The van der Waals surface area contributed by atoms with Crippen molar-refractivity contribution in [2.75, 3.05) is 0 Å². The summed E-state index contributed by atoms with van der Waals surface area (Å²) in [6.07, 6.45) is 3.58. The molecule has 0 aliphatic heterocycles. The molecule has 0 radical (unpaired) electrons. The van der Waals surface area contributed by atoms with Gasteiger partial charge in [0.2, 0.25) is 0 Å². The summed E-state index contributed by atoms with van der Waals surface area (Å²) in [5, 5.41) is 16.6. The van der Waals surface area contributed by atoms with E-state index in [1.54, 1.807) is 18.2 Å². The third-order valence-corrected chi connectivity index (χ3v) is 1.68. The number of hydrogen-bond acceptors (Lipinski definition) is 2. The van der Waals surface area contributed by atoms with E-state index >= 15 is 0 Å². The Balaban J connectivity index is 3.18. The molecule has 3 nitrogen and oxygen atoms in total. The van der Waals surface area contributed by atoms with Gasteiger partial charge in [-0.2, -0.15) is 0 Å². The first-order valence-electron chi connectivity index (χ1n) is 3.95. The predicted molar refractivity (Wildman–Crippen MR) is 53.8 cm³/mol. The summed E-state index contributed by atoms with van der Waals surface area (Å²) in [4.78, 5) is 0. The second kappa shape index (κ2) is 3.76. The minimum atomic E-state index is 0.00533. The lowest BCUT2D eigenvalue weighted by molar-refractivity contribution is 0.474. The van der Waals surface area contributed by atoms with Gasteiger partial charge in [-0.15, -0.1) is 0 Å². The van der Waals surface area contributed by atoms with Crippen LogP contribution in [0.15, 0.2) is 24.3 Å². The van der Waals surface area contributed by atoms with Crippen molar-refractivity contribution in [2.45, 2.75) is 6.92 Å². The minimum absolute atomic E-state index is 0.00533. The van der Waals surface area contributed by atoms with Crippen molar-refractivity contribution in [1.29, 1.82) is 5.41 Å². The van der Waals surface area contributed by atoms with E-state index in [1.807, 2.05) is 13.0 Å². The zero-order chi connectivity index (χ0) is 9.84. The summed E-state index contributed by atoms with van der Waals surface area (Å²) in [6, 6.07) is 4.83. The Kier molecular flexibility index (Phi) is 2.69. The van der Waals surface area contributed by atoms with Gasteiger partial charge in [0.05, 0.1) is 0 Å². The third-order valence-electron chi connectivity index (χ3n) is 1.68. The second-order valence-corrected chi connectivity index (χ2v) is 2.69. The standard InChI is InChI=1S/C10H12N2O/c1-2-3-7-6-8(10(11)12)4-5-9(7)13/h2-6,13H,1H3,(H3,11,12). The summed E-state index contributed by atoms with van der Waals surface area (Å²) in [6.45, 7) is 1.86. The SMILES string of the molecule is CC=Cc1cc(C(=N)N)ccc1O. The van der Waals surface area contributed by atoms with Gasteiger partial charge in [0, 0.05) is 11.1 Å². The lowest BCUT2D eigenvalue weighted by atomic mass is 10.1. The highest BCUT2D eigenvalue weighted by Crippen LogP contribution is 2.19. The fourth-order valence-electron chi connectivity index (χ4n) is 1.04. The van der Waals surface area contributed by atoms with Crippen LogP contribution in [-0.2, 0) is 0 Å². The molecule has 0 fully saturated rings. The predicted octanol–water partition coefficient (Wildman–Crippen LogP) is 1.71. The van der Waals surface area contributed by atoms with Crippen LogP contribution in [0.3, 0.4) is 0 Å². The van der Waals surface area contributed by atoms with E-state index in [1.165, 1.54) is 6.07 Å². The number of benzene rings is 1. The van der Waals surface area contributed by atoms with Gasteiger partial charge in [0.25, 0.3) is 0 Å². The van der Waals surface area contributed by atoms with Crippen molar-refractivity contribution in [3.63, 3.8) is 0 Å². The monoisotopic (exact) mass is 176 g/mol. The quantitative estimate of drug-likeness (QED) is 0.474. The van der Waals surface area contributed by atoms with Crippen molar-refractivity contribution in [3.05, 3.63) is 35.4 Å². The zero-order valence-electron chi connectivity index (χ0n) is 7.41. The smallest absolute Gasteiger partial charge is 0.122 e. The molecule has 0 aromatic heterocycles. The molecule has 0 heterocycles. The summed E-state index contributed by atoms with van der Waals surface area (Å²) >= 11 is 0. The maximum Gasteiger partial charge on any atom is 0.122 e. The minimum Gasteiger partial charge on any atom is -0.507 e. The average Bonchev–Trinajstić information content (AvgIpc) is 2.08. The number of phenols is 1. The van der Waals surface area contributed by atoms with Gasteiger partial charge in [-0.3, -0.25) is 5.41 Å². The van der Waals surface area contributed by atoms with Crippen molar-refractivity contribution in [3.8, 4) is 5.75 Å². The molecule has 4 N–H and O–H groups in total. The fraction of sp³-hybridized carbons (Fsp3) is 0.100. The Morgan fingerprint density at radius 3 is 2.77 bits per heavy atom. The topological polar surface area (TPSA) is 70.1 Å². The van der Waals surface area contributed by atoms with E-state index in [4.69, 9.17) is 11.1 Å². The second-order valence-electron chi connectivity index (χ2n) is 2.69. The van der Waals surface area contributed by atoms with Gasteiger partial charge in [0.1, 0.15) is 11.6 Å². The summed E-state index contributed by atoms with van der Waals surface area (Å²) in [5.41, 5.74) is 6.60. The molecule has 1 rings (SSSR count). The van der Waals surface area contributed by atoms with Crippen molar-refractivity contribution in [2.24, 2.45) is 5.73 Å². The van der Waals surface area contributed by atoms with Gasteiger partial charge in [-0.25, -0.2) is 0 Å². The third kappa shape index (κ3) is 2.08. The zero-order valence-corrected chi connectivity index (χ0v) is 7.41. The molecule has 0 unspecified atom stereocenters. The van der Waals surface area contributed by atoms with E-state index in [-0.39, 0.29) is 11.6 Å². The number of nitrogens with two attached hydrogens (primary N) is 1. The van der Waals surface area contributed by atoms with Crippen molar-refractivity contribution in [1.82, 2.24) is 0 Å². The number of nitrogens with one attached hydrogen (secondary N) is 1. The fourth-order valence-corrected chi connectivity index (χ4v) is 1.04. The lowest BCUT2D eigenvalue weighted by Gasteiger charge is -2.02. The van der Waals surface area contributed by atoms with Crippen LogP contribution in [0, 0.1) is 5.41 Å². The number of phenolic OH excluding ortho intramolecular Hbond substituents is 1. The van der Waals surface area contributed by atoms with Crippen LogP contribution >= 0.6 is 0 Å². The van der Waals surface area contributed by atoms with Crippen LogP contribution in [0.25, 0.3) is 6.08 Å². The van der Waals surface area contributed by atoms with Crippen LogP contribution < -0.4 is 5.73 Å². The molecular formula is C10H12N2O. The molecule has 0 bridgehead atoms. The molecule has 0 saturated carbocycles. The van der Waals surface area contributed by atoms with Crippen LogP contribution in [0.1, 0.15) is 18.1 Å². The van der Waals surface area contributed by atoms with Crippen LogP contribution in [-0.4, -0.2) is 10.9 Å². The number of hydrogen-bond donors (Lipinski definition) is 3. The Morgan fingerprint density at radius 2 is 2.23 bits per heavy atom. The molecule has 0 saturated heterocycles. The molecule has 0 spiro atoms. The maximum absolute atomic E-state index is 9.39. The number of allylic oxidation sites excluding steroid dienone is 1. The highest BCUT2D eigenvalue weighted by atomic mass is 16.3. The molecule has 1 aromatic carbocycles. The van der Waals surface area contributed by atoms with E-state index in [9.17, 15) is 5.11 Å². The first kappa shape index (κ1) is 9.32. The van der Waals surface area contributed by atoms with Crippen molar-refractivity contribution < 1.29 is 5.11 Å². The van der Waals surface area contributed by atoms with Crippen LogP contribution in [0.5, 0.6) is 5.75 Å². The molecule has 0 atom stereocenters. The summed E-state index contributed by atoms with van der Waals surface area (Å²) < 4.78 is 0. The first-order chi connectivity index (χ1) is 6.15. The Bertz CT molecular complexity index is 356. The van der Waals surface area contributed by atoms with Crippen LogP contribution in [0.4, 0.5) is 0 Å². The van der Waals surface area contributed by atoms with Gasteiger partial charge < -0.3 is 10.8 Å². The van der Waals surface area contributed by atoms with E-state index in [0.717, 1.165) is 0 Å². The van der Waals surface area contributed by atoms with Crippen LogP contribution in [0.2, 0.25) is 0 Å². The largest absolute Gasteiger partial charge is 0.507 e. The maximum atomic E-state index is 9.39. The highest BCUT2D eigenvalue weighted by Gasteiger charge is 2.00. The molecule has 13 heavy (non-hydrogen) atoms. The molecule has 0 amide bonds. The molecule has 3 heteroatoms. The van der Waals surface area contributed by atoms with E-state index in [2.05, 4.69) is 0 Å². The normalized spacial score (nSPS) is 10.5. The Hall–Kier alpha value is -1.77. The molecule has 1 aromatic rings. The number of nitrogen functional groups attached to an aromatic ring is 1. The Morgan fingerprint density at radius 1 is 1.54 bits per heavy atom. The van der Waals surface area contributed by atoms with E-state index < -0.39 is 0 Å². The van der Waals surface area contributed by atoms with Crippen molar-refractivity contribution >= 4 is 11.9 Å². The molecular weight excluding hydrogens is 164 g/mol. The molecule has 0 aliphatic rings. The number of rotatable bonds is 2. The van der Waals surface area contributed by atoms with Gasteiger partial charge in [-0.05, 0) is 25.1 Å². The van der Waals surface area contributed by atoms with Gasteiger partial charge >= 0.3 is 0 Å².